The van der Waals surface area contributed by atoms with E-state index in [0.29, 0.717) is 40.1 Å². The molecule has 1 aromatic heterocycles. The largest absolute Gasteiger partial charge is 0.439 e. The number of benzene rings is 3. The van der Waals surface area contributed by atoms with E-state index in [-0.39, 0.29) is 11.7 Å². The second-order valence-corrected chi connectivity index (χ2v) is 7.10. The van der Waals surface area contributed by atoms with Crippen LogP contribution in [0.1, 0.15) is 15.9 Å². The van der Waals surface area contributed by atoms with Crippen LogP contribution in [-0.4, -0.2) is 15.9 Å². The number of amides is 1. The standard InChI is InChI=1S/C24H17ClFN3O2/c25-19-8-4-16(5-9-19)15-28-24(30)18-2-1-3-21(14-18)31-22-12-13-27-23(29-22)17-6-10-20(26)11-7-17/h1-14H,15H2,(H,28,30). The molecule has 0 saturated carbocycles. The van der Waals surface area contributed by atoms with Gasteiger partial charge in [-0.1, -0.05) is 29.8 Å². The van der Waals surface area contributed by atoms with Gasteiger partial charge < -0.3 is 10.1 Å². The molecule has 1 N–H and O–H groups in total. The van der Waals surface area contributed by atoms with Crippen molar-refractivity contribution < 1.29 is 13.9 Å². The van der Waals surface area contributed by atoms with Crippen LogP contribution in [0, 0.1) is 5.82 Å². The third-order valence-corrected chi connectivity index (χ3v) is 4.67. The van der Waals surface area contributed by atoms with E-state index in [4.69, 9.17) is 16.3 Å². The van der Waals surface area contributed by atoms with Crippen molar-refractivity contribution in [3.05, 3.63) is 107 Å². The lowest BCUT2D eigenvalue weighted by molar-refractivity contribution is 0.0950. The lowest BCUT2D eigenvalue weighted by Gasteiger charge is -2.09. The van der Waals surface area contributed by atoms with E-state index in [1.54, 1.807) is 60.8 Å². The number of aromatic nitrogens is 2. The topological polar surface area (TPSA) is 64.1 Å². The molecule has 0 aliphatic carbocycles. The first kappa shape index (κ1) is 20.5. The zero-order valence-corrected chi connectivity index (χ0v) is 17.0. The molecule has 154 valence electrons. The number of rotatable bonds is 6. The first-order chi connectivity index (χ1) is 15.1. The highest BCUT2D eigenvalue weighted by Gasteiger charge is 2.09. The third kappa shape index (κ3) is 5.43. The van der Waals surface area contributed by atoms with E-state index in [1.165, 1.54) is 12.1 Å². The molecule has 3 aromatic carbocycles. The summed E-state index contributed by atoms with van der Waals surface area (Å²) in [5, 5.41) is 3.51. The fourth-order valence-electron chi connectivity index (χ4n) is 2.85. The van der Waals surface area contributed by atoms with Crippen molar-refractivity contribution in [3.8, 4) is 23.0 Å². The summed E-state index contributed by atoms with van der Waals surface area (Å²) in [4.78, 5) is 21.1. The molecule has 0 unspecified atom stereocenters. The smallest absolute Gasteiger partial charge is 0.251 e. The monoisotopic (exact) mass is 433 g/mol. The van der Waals surface area contributed by atoms with Crippen LogP contribution < -0.4 is 10.1 Å². The van der Waals surface area contributed by atoms with Gasteiger partial charge in [0.2, 0.25) is 5.88 Å². The number of carbonyl (C=O) groups is 1. The van der Waals surface area contributed by atoms with Gasteiger partial charge in [0.25, 0.3) is 5.91 Å². The minimum absolute atomic E-state index is 0.227. The van der Waals surface area contributed by atoms with Gasteiger partial charge in [0, 0.05) is 35.0 Å². The van der Waals surface area contributed by atoms with E-state index >= 15 is 0 Å². The van der Waals surface area contributed by atoms with Crippen molar-refractivity contribution in [2.75, 3.05) is 0 Å². The Morgan fingerprint density at radius 3 is 2.55 bits per heavy atom. The predicted octanol–water partition coefficient (Wildman–Crippen LogP) is 5.66. The molecule has 4 aromatic rings. The molecule has 0 radical (unpaired) electrons. The van der Waals surface area contributed by atoms with Gasteiger partial charge in [-0.15, -0.1) is 0 Å². The SMILES string of the molecule is O=C(NCc1ccc(Cl)cc1)c1cccc(Oc2ccnc(-c3ccc(F)cc3)n2)c1. The molecule has 0 bridgehead atoms. The Morgan fingerprint density at radius 2 is 1.77 bits per heavy atom. The average Bonchev–Trinajstić information content (AvgIpc) is 2.79. The van der Waals surface area contributed by atoms with Gasteiger partial charge in [-0.25, -0.2) is 9.37 Å². The van der Waals surface area contributed by atoms with Gasteiger partial charge in [-0.3, -0.25) is 4.79 Å². The summed E-state index contributed by atoms with van der Waals surface area (Å²) in [6.07, 6.45) is 1.56. The zero-order valence-electron chi connectivity index (χ0n) is 16.3. The third-order valence-electron chi connectivity index (χ3n) is 4.42. The number of hydrogen-bond acceptors (Lipinski definition) is 4. The summed E-state index contributed by atoms with van der Waals surface area (Å²) in [5.74, 6) is 0.628. The van der Waals surface area contributed by atoms with E-state index < -0.39 is 0 Å². The van der Waals surface area contributed by atoms with Crippen molar-refractivity contribution in [1.82, 2.24) is 15.3 Å². The summed E-state index contributed by atoms with van der Waals surface area (Å²) < 4.78 is 18.9. The van der Waals surface area contributed by atoms with Crippen LogP contribution in [0.5, 0.6) is 11.6 Å². The minimum Gasteiger partial charge on any atom is -0.439 e. The fourth-order valence-corrected chi connectivity index (χ4v) is 2.97. The highest BCUT2D eigenvalue weighted by Crippen LogP contribution is 2.23. The average molecular weight is 434 g/mol. The Morgan fingerprint density at radius 1 is 1.00 bits per heavy atom. The zero-order chi connectivity index (χ0) is 21.6. The molecule has 0 aliphatic heterocycles. The molecule has 31 heavy (non-hydrogen) atoms. The van der Waals surface area contributed by atoms with Crippen LogP contribution in [0.15, 0.2) is 85.1 Å². The number of halogens is 2. The summed E-state index contributed by atoms with van der Waals surface area (Å²) in [7, 11) is 0. The molecule has 0 fully saturated rings. The maximum Gasteiger partial charge on any atom is 0.251 e. The quantitative estimate of drug-likeness (QED) is 0.426. The Hall–Kier alpha value is -3.77. The Bertz CT molecular complexity index is 1200. The van der Waals surface area contributed by atoms with Gasteiger partial charge in [-0.05, 0) is 60.2 Å². The first-order valence-corrected chi connectivity index (χ1v) is 9.84. The predicted molar refractivity (Wildman–Crippen MR) is 117 cm³/mol. The molecule has 0 saturated heterocycles. The summed E-state index contributed by atoms with van der Waals surface area (Å²) in [6, 6.07) is 21.6. The van der Waals surface area contributed by atoms with Crippen LogP contribution in [-0.2, 0) is 6.54 Å². The van der Waals surface area contributed by atoms with Crippen molar-refractivity contribution in [2.45, 2.75) is 6.54 Å². The van der Waals surface area contributed by atoms with Crippen LogP contribution in [0.25, 0.3) is 11.4 Å². The molecule has 5 nitrogen and oxygen atoms in total. The first-order valence-electron chi connectivity index (χ1n) is 9.46. The van der Waals surface area contributed by atoms with Gasteiger partial charge in [0.05, 0.1) is 0 Å². The Labute approximate surface area is 183 Å². The number of hydrogen-bond donors (Lipinski definition) is 1. The highest BCUT2D eigenvalue weighted by molar-refractivity contribution is 6.30. The van der Waals surface area contributed by atoms with E-state index in [0.717, 1.165) is 5.56 Å². The molecule has 4 rings (SSSR count). The molecule has 0 aliphatic rings. The number of nitrogens with one attached hydrogen (secondary N) is 1. The lowest BCUT2D eigenvalue weighted by Crippen LogP contribution is -2.22. The number of ether oxygens (including phenoxy) is 1. The molecule has 7 heteroatoms. The van der Waals surface area contributed by atoms with Gasteiger partial charge in [0.15, 0.2) is 5.82 Å². The minimum atomic E-state index is -0.331. The summed E-state index contributed by atoms with van der Waals surface area (Å²) >= 11 is 5.88. The van der Waals surface area contributed by atoms with Crippen molar-refractivity contribution >= 4 is 17.5 Å². The second-order valence-electron chi connectivity index (χ2n) is 6.66. The number of nitrogens with zero attached hydrogens (tertiary/aromatic N) is 2. The molecule has 1 heterocycles. The van der Waals surface area contributed by atoms with Crippen LogP contribution in [0.3, 0.4) is 0 Å². The molecule has 1 amide bonds. The van der Waals surface area contributed by atoms with Crippen molar-refractivity contribution in [3.63, 3.8) is 0 Å². The maximum atomic E-state index is 13.1. The van der Waals surface area contributed by atoms with Gasteiger partial charge in [0.1, 0.15) is 11.6 Å². The molecule has 0 spiro atoms. The normalized spacial score (nSPS) is 10.5. The summed E-state index contributed by atoms with van der Waals surface area (Å²) in [6.45, 7) is 0.383. The van der Waals surface area contributed by atoms with Crippen LogP contribution in [0.4, 0.5) is 4.39 Å². The van der Waals surface area contributed by atoms with E-state index in [2.05, 4.69) is 15.3 Å². The van der Waals surface area contributed by atoms with Gasteiger partial charge >= 0.3 is 0 Å². The summed E-state index contributed by atoms with van der Waals surface area (Å²) in [5.41, 5.74) is 2.07. The van der Waals surface area contributed by atoms with E-state index in [9.17, 15) is 9.18 Å². The maximum absolute atomic E-state index is 13.1. The van der Waals surface area contributed by atoms with Crippen LogP contribution >= 0.6 is 11.6 Å². The number of carbonyl (C=O) groups excluding carboxylic acids is 1. The lowest BCUT2D eigenvalue weighted by atomic mass is 10.2. The Kier molecular flexibility index (Phi) is 6.19. The molecular weight excluding hydrogens is 417 g/mol. The van der Waals surface area contributed by atoms with Crippen LogP contribution in [0.2, 0.25) is 5.02 Å². The van der Waals surface area contributed by atoms with Crippen molar-refractivity contribution in [2.24, 2.45) is 0 Å². The fraction of sp³-hybridized carbons (Fsp3) is 0.0417. The highest BCUT2D eigenvalue weighted by atomic mass is 35.5. The Balaban J connectivity index is 1.44. The molecular formula is C24H17ClFN3O2. The molecule has 0 atom stereocenters. The van der Waals surface area contributed by atoms with Gasteiger partial charge in [-0.2, -0.15) is 4.98 Å². The van der Waals surface area contributed by atoms with Crippen molar-refractivity contribution in [1.29, 1.82) is 0 Å². The van der Waals surface area contributed by atoms with E-state index in [1.807, 2.05) is 12.1 Å². The second kappa shape index (κ2) is 9.36.